The van der Waals surface area contributed by atoms with Crippen molar-refractivity contribution in [2.24, 2.45) is 0 Å². The molecule has 1 aromatic rings. The number of pyridine rings is 1. The molecule has 0 atom stereocenters. The van der Waals surface area contributed by atoms with E-state index in [0.29, 0.717) is 0 Å². The average Bonchev–Trinajstić information content (AvgIpc) is 1.95. The van der Waals surface area contributed by atoms with Crippen molar-refractivity contribution >= 4 is 11.8 Å². The van der Waals surface area contributed by atoms with Crippen molar-refractivity contribution in [2.45, 2.75) is 6.92 Å². The van der Waals surface area contributed by atoms with Gasteiger partial charge in [0, 0.05) is 11.8 Å². The van der Waals surface area contributed by atoms with Gasteiger partial charge < -0.3 is 5.73 Å². The lowest BCUT2D eigenvalue weighted by Crippen LogP contribution is -1.94. The first kappa shape index (κ1) is 6.81. The van der Waals surface area contributed by atoms with Crippen LogP contribution in [0.25, 0.3) is 6.08 Å². The third kappa shape index (κ3) is 1.00. The van der Waals surface area contributed by atoms with Gasteiger partial charge in [0.15, 0.2) is 0 Å². The fourth-order valence-corrected chi connectivity index (χ4v) is 0.776. The SMILES string of the molecule is C=Cc1ccnc(C)c1N. The van der Waals surface area contributed by atoms with E-state index in [9.17, 15) is 0 Å². The molecule has 1 aromatic heterocycles. The van der Waals surface area contributed by atoms with E-state index in [1.807, 2.05) is 13.0 Å². The first-order valence-electron chi connectivity index (χ1n) is 3.09. The van der Waals surface area contributed by atoms with Gasteiger partial charge in [-0.15, -0.1) is 0 Å². The van der Waals surface area contributed by atoms with Gasteiger partial charge in [0.05, 0.1) is 11.4 Å². The molecule has 0 aliphatic heterocycles. The van der Waals surface area contributed by atoms with Crippen LogP contribution in [-0.2, 0) is 0 Å². The molecule has 0 saturated heterocycles. The monoisotopic (exact) mass is 134 g/mol. The summed E-state index contributed by atoms with van der Waals surface area (Å²) in [6.45, 7) is 5.50. The maximum atomic E-state index is 5.66. The van der Waals surface area contributed by atoms with E-state index >= 15 is 0 Å². The normalized spacial score (nSPS) is 9.30. The quantitative estimate of drug-likeness (QED) is 0.633. The van der Waals surface area contributed by atoms with Crippen LogP contribution in [0.2, 0.25) is 0 Å². The van der Waals surface area contributed by atoms with Gasteiger partial charge in [0.1, 0.15) is 0 Å². The lowest BCUT2D eigenvalue weighted by Gasteiger charge is -2.00. The highest BCUT2D eigenvalue weighted by Crippen LogP contribution is 2.13. The number of nitrogens with zero attached hydrogens (tertiary/aromatic N) is 1. The standard InChI is InChI=1S/C8H10N2/c1-3-7-4-5-10-6(2)8(7)9/h3-5H,1,9H2,2H3. The Kier molecular flexibility index (Phi) is 1.71. The first-order valence-corrected chi connectivity index (χ1v) is 3.09. The Morgan fingerprint density at radius 2 is 2.40 bits per heavy atom. The summed E-state index contributed by atoms with van der Waals surface area (Å²) in [6, 6.07) is 1.84. The second-order valence-corrected chi connectivity index (χ2v) is 2.10. The molecule has 0 aromatic carbocycles. The molecule has 52 valence electrons. The van der Waals surface area contributed by atoms with Crippen LogP contribution in [0.4, 0.5) is 5.69 Å². The molecule has 1 heterocycles. The van der Waals surface area contributed by atoms with Gasteiger partial charge in [-0.2, -0.15) is 0 Å². The predicted molar refractivity (Wildman–Crippen MR) is 43.5 cm³/mol. The number of rotatable bonds is 1. The number of nitrogen functional groups attached to an aromatic ring is 1. The first-order chi connectivity index (χ1) is 4.75. The zero-order valence-corrected chi connectivity index (χ0v) is 5.96. The van der Waals surface area contributed by atoms with Crippen molar-refractivity contribution < 1.29 is 0 Å². The second kappa shape index (κ2) is 2.52. The van der Waals surface area contributed by atoms with Gasteiger partial charge in [0.2, 0.25) is 0 Å². The van der Waals surface area contributed by atoms with Crippen LogP contribution in [0.5, 0.6) is 0 Å². The van der Waals surface area contributed by atoms with Crippen molar-refractivity contribution in [1.82, 2.24) is 4.98 Å². The largest absolute Gasteiger partial charge is 0.397 e. The minimum Gasteiger partial charge on any atom is -0.397 e. The topological polar surface area (TPSA) is 38.9 Å². The zero-order chi connectivity index (χ0) is 7.56. The van der Waals surface area contributed by atoms with Crippen LogP contribution >= 0.6 is 0 Å². The van der Waals surface area contributed by atoms with E-state index in [4.69, 9.17) is 5.73 Å². The fraction of sp³-hybridized carbons (Fsp3) is 0.125. The number of anilines is 1. The smallest absolute Gasteiger partial charge is 0.0607 e. The van der Waals surface area contributed by atoms with Gasteiger partial charge in [-0.3, -0.25) is 4.98 Å². The molecular formula is C8H10N2. The van der Waals surface area contributed by atoms with Crippen molar-refractivity contribution in [3.8, 4) is 0 Å². The van der Waals surface area contributed by atoms with E-state index in [0.717, 1.165) is 16.9 Å². The molecule has 10 heavy (non-hydrogen) atoms. The number of hydrogen-bond acceptors (Lipinski definition) is 2. The van der Waals surface area contributed by atoms with Crippen molar-refractivity contribution in [2.75, 3.05) is 5.73 Å². The summed E-state index contributed by atoms with van der Waals surface area (Å²) in [6.07, 6.45) is 3.45. The van der Waals surface area contributed by atoms with Gasteiger partial charge in [-0.1, -0.05) is 12.7 Å². The molecule has 2 nitrogen and oxygen atoms in total. The third-order valence-electron chi connectivity index (χ3n) is 1.44. The maximum absolute atomic E-state index is 5.66. The van der Waals surface area contributed by atoms with Gasteiger partial charge in [-0.05, 0) is 13.0 Å². The molecule has 2 heteroatoms. The van der Waals surface area contributed by atoms with E-state index in [2.05, 4.69) is 11.6 Å². The van der Waals surface area contributed by atoms with E-state index < -0.39 is 0 Å². The van der Waals surface area contributed by atoms with E-state index in [1.165, 1.54) is 0 Å². The molecule has 0 unspecified atom stereocenters. The van der Waals surface area contributed by atoms with Gasteiger partial charge in [-0.25, -0.2) is 0 Å². The molecular weight excluding hydrogens is 124 g/mol. The Morgan fingerprint density at radius 1 is 1.70 bits per heavy atom. The lowest BCUT2D eigenvalue weighted by molar-refractivity contribution is 1.20. The molecule has 0 bridgehead atoms. The van der Waals surface area contributed by atoms with Crippen LogP contribution in [0.3, 0.4) is 0 Å². The lowest BCUT2D eigenvalue weighted by atomic mass is 10.2. The molecule has 0 spiro atoms. The molecule has 0 radical (unpaired) electrons. The predicted octanol–water partition coefficient (Wildman–Crippen LogP) is 1.62. The summed E-state index contributed by atoms with van der Waals surface area (Å²) >= 11 is 0. The Bertz CT molecular complexity index is 253. The summed E-state index contributed by atoms with van der Waals surface area (Å²) in [5.74, 6) is 0. The third-order valence-corrected chi connectivity index (χ3v) is 1.44. The van der Waals surface area contributed by atoms with E-state index in [1.54, 1.807) is 12.3 Å². The van der Waals surface area contributed by atoms with Crippen LogP contribution in [-0.4, -0.2) is 4.98 Å². The molecule has 0 aliphatic rings. The van der Waals surface area contributed by atoms with E-state index in [-0.39, 0.29) is 0 Å². The van der Waals surface area contributed by atoms with Crippen molar-refractivity contribution in [3.63, 3.8) is 0 Å². The Balaban J connectivity index is 3.27. The zero-order valence-electron chi connectivity index (χ0n) is 5.96. The number of hydrogen-bond donors (Lipinski definition) is 1. The summed E-state index contributed by atoms with van der Waals surface area (Å²) in [7, 11) is 0. The van der Waals surface area contributed by atoms with Crippen molar-refractivity contribution in [1.29, 1.82) is 0 Å². The van der Waals surface area contributed by atoms with Crippen LogP contribution in [0, 0.1) is 6.92 Å². The molecule has 0 amide bonds. The van der Waals surface area contributed by atoms with Crippen LogP contribution < -0.4 is 5.73 Å². The molecule has 1 rings (SSSR count). The number of aryl methyl sites for hydroxylation is 1. The number of nitrogens with two attached hydrogens (primary N) is 1. The molecule has 2 N–H and O–H groups in total. The Hall–Kier alpha value is -1.31. The maximum Gasteiger partial charge on any atom is 0.0607 e. The second-order valence-electron chi connectivity index (χ2n) is 2.10. The Morgan fingerprint density at radius 3 is 2.90 bits per heavy atom. The van der Waals surface area contributed by atoms with Gasteiger partial charge >= 0.3 is 0 Å². The number of aromatic nitrogens is 1. The van der Waals surface area contributed by atoms with Crippen LogP contribution in [0.15, 0.2) is 18.8 Å². The average molecular weight is 134 g/mol. The minimum atomic E-state index is 0.720. The summed E-state index contributed by atoms with van der Waals surface area (Å²) in [5, 5.41) is 0. The summed E-state index contributed by atoms with van der Waals surface area (Å²) in [4.78, 5) is 4.01. The highest BCUT2D eigenvalue weighted by Gasteiger charge is 1.96. The highest BCUT2D eigenvalue weighted by atomic mass is 14.7. The molecule has 0 aliphatic carbocycles. The fourth-order valence-electron chi connectivity index (χ4n) is 0.776. The van der Waals surface area contributed by atoms with Crippen LogP contribution in [0.1, 0.15) is 11.3 Å². The molecule has 0 saturated carbocycles. The Labute approximate surface area is 60.4 Å². The van der Waals surface area contributed by atoms with Crippen molar-refractivity contribution in [3.05, 3.63) is 30.1 Å². The summed E-state index contributed by atoms with van der Waals surface area (Å²) < 4.78 is 0. The minimum absolute atomic E-state index is 0.720. The van der Waals surface area contributed by atoms with Gasteiger partial charge in [0.25, 0.3) is 0 Å². The summed E-state index contributed by atoms with van der Waals surface area (Å²) in [5.41, 5.74) is 8.19. The highest BCUT2D eigenvalue weighted by molar-refractivity contribution is 5.64. The molecule has 0 fully saturated rings.